The Kier molecular flexibility index (Phi) is 2.57. The van der Waals surface area contributed by atoms with Gasteiger partial charge in [0.25, 0.3) is 0 Å². The third-order valence-corrected chi connectivity index (χ3v) is 5.42. The summed E-state index contributed by atoms with van der Waals surface area (Å²) in [4.78, 5) is 5.35. The van der Waals surface area contributed by atoms with Crippen LogP contribution in [-0.4, -0.2) is 26.7 Å². The van der Waals surface area contributed by atoms with Gasteiger partial charge in [0.15, 0.2) is 0 Å². The monoisotopic (exact) mass is 296 g/mol. The first-order valence-corrected chi connectivity index (χ1v) is 7.58. The second kappa shape index (κ2) is 4.11. The smallest absolute Gasteiger partial charge is 0.248 e. The number of fused-ring (bicyclic) bond motifs is 3. The number of thiophene rings is 1. The van der Waals surface area contributed by atoms with Crippen molar-refractivity contribution in [3.63, 3.8) is 0 Å². The maximum atomic E-state index is 12.9. The lowest BCUT2D eigenvalue weighted by atomic mass is 9.76. The molecule has 106 valence electrons. The van der Waals surface area contributed by atoms with E-state index < -0.39 is 12.0 Å². The van der Waals surface area contributed by atoms with Crippen LogP contribution in [0.2, 0.25) is 0 Å². The van der Waals surface area contributed by atoms with Gasteiger partial charge < -0.3 is 9.67 Å². The lowest BCUT2D eigenvalue weighted by Crippen LogP contribution is -2.42. The van der Waals surface area contributed by atoms with E-state index in [9.17, 15) is 13.9 Å². The number of nitrogens with zero attached hydrogens (tertiary/aromatic N) is 2. The van der Waals surface area contributed by atoms with Gasteiger partial charge in [-0.2, -0.15) is 0 Å². The number of hydrogen-bond donors (Lipinski definition) is 1. The van der Waals surface area contributed by atoms with Gasteiger partial charge in [0, 0.05) is 23.3 Å². The van der Waals surface area contributed by atoms with E-state index in [0.717, 1.165) is 11.3 Å². The molecule has 0 aromatic carbocycles. The van der Waals surface area contributed by atoms with Crippen LogP contribution >= 0.6 is 11.3 Å². The van der Waals surface area contributed by atoms with Crippen molar-refractivity contribution in [1.29, 1.82) is 0 Å². The molecule has 3 nitrogen and oxygen atoms in total. The van der Waals surface area contributed by atoms with Crippen molar-refractivity contribution in [1.82, 2.24) is 9.55 Å². The molecule has 2 aromatic heterocycles. The highest BCUT2D eigenvalue weighted by atomic mass is 32.1. The van der Waals surface area contributed by atoms with E-state index in [1.54, 1.807) is 17.7 Å². The molecule has 6 heteroatoms. The Hall–Kier alpha value is -1.27. The Morgan fingerprint density at radius 3 is 3.05 bits per heavy atom. The van der Waals surface area contributed by atoms with E-state index in [0.29, 0.717) is 6.42 Å². The molecule has 2 aromatic rings. The standard InChI is InChI=1S/C14H14F2N2OS/c15-14(16)4-8(5-14)12(19)3-10-13-9(1-2-20-13)11-6-17-7-18(10)11/h1-2,6-8,10,12,19H,3-5H2/t10-,12+/m0/s1. The normalized spacial score (nSPS) is 25.1. The fourth-order valence-electron chi connectivity index (χ4n) is 3.30. The first-order valence-electron chi connectivity index (χ1n) is 6.71. The first kappa shape index (κ1) is 12.5. The molecule has 3 heterocycles. The summed E-state index contributed by atoms with van der Waals surface area (Å²) >= 11 is 1.65. The average Bonchev–Trinajstić information content (AvgIpc) is 3.02. The maximum Gasteiger partial charge on any atom is 0.248 e. The number of aliphatic hydroxyl groups is 1. The molecule has 0 saturated heterocycles. The van der Waals surface area contributed by atoms with Gasteiger partial charge >= 0.3 is 0 Å². The van der Waals surface area contributed by atoms with Crippen molar-refractivity contribution >= 4 is 11.3 Å². The number of halogens is 2. The fraction of sp³-hybridized carbons (Fsp3) is 0.500. The third-order valence-electron chi connectivity index (χ3n) is 4.41. The van der Waals surface area contributed by atoms with Crippen molar-refractivity contribution in [2.24, 2.45) is 5.92 Å². The molecule has 0 amide bonds. The highest BCUT2D eigenvalue weighted by molar-refractivity contribution is 7.10. The van der Waals surface area contributed by atoms with E-state index in [2.05, 4.69) is 11.1 Å². The van der Waals surface area contributed by atoms with Gasteiger partial charge in [0.05, 0.1) is 30.4 Å². The minimum absolute atomic E-state index is 0.0340. The number of hydrogen-bond acceptors (Lipinski definition) is 3. The zero-order valence-electron chi connectivity index (χ0n) is 10.7. The third kappa shape index (κ3) is 1.74. The highest BCUT2D eigenvalue weighted by Gasteiger charge is 2.49. The Balaban J connectivity index is 1.56. The summed E-state index contributed by atoms with van der Waals surface area (Å²) in [6, 6.07) is 2.09. The molecule has 0 spiro atoms. The molecule has 2 aliphatic rings. The van der Waals surface area contributed by atoms with Gasteiger partial charge in [-0.25, -0.2) is 13.8 Å². The van der Waals surface area contributed by atoms with Gasteiger partial charge in [-0.3, -0.25) is 0 Å². The molecule has 1 N–H and O–H groups in total. The summed E-state index contributed by atoms with van der Waals surface area (Å²) < 4.78 is 27.9. The number of alkyl halides is 2. The Morgan fingerprint density at radius 1 is 1.50 bits per heavy atom. The van der Waals surface area contributed by atoms with Crippen molar-refractivity contribution in [3.05, 3.63) is 28.8 Å². The van der Waals surface area contributed by atoms with Gasteiger partial charge in [-0.05, 0) is 23.8 Å². The number of aliphatic hydroxyl groups excluding tert-OH is 1. The van der Waals surface area contributed by atoms with E-state index in [1.165, 1.54) is 4.88 Å². The molecular weight excluding hydrogens is 282 g/mol. The van der Waals surface area contributed by atoms with E-state index >= 15 is 0 Å². The first-order chi connectivity index (χ1) is 9.55. The summed E-state index contributed by atoms with van der Waals surface area (Å²) in [7, 11) is 0. The van der Waals surface area contributed by atoms with E-state index in [-0.39, 0.29) is 24.8 Å². The van der Waals surface area contributed by atoms with Gasteiger partial charge in [-0.1, -0.05) is 0 Å². The van der Waals surface area contributed by atoms with Gasteiger partial charge in [-0.15, -0.1) is 11.3 Å². The molecule has 0 bridgehead atoms. The molecule has 0 unspecified atom stereocenters. The summed E-state index contributed by atoms with van der Waals surface area (Å²) in [5, 5.41) is 12.3. The number of rotatable bonds is 3. The molecule has 1 fully saturated rings. The van der Waals surface area contributed by atoms with Gasteiger partial charge in [0.1, 0.15) is 0 Å². The predicted octanol–water partition coefficient (Wildman–Crippen LogP) is 3.31. The summed E-state index contributed by atoms with van der Waals surface area (Å²) in [6.07, 6.45) is 3.01. The molecule has 1 aliphatic carbocycles. The van der Waals surface area contributed by atoms with E-state index in [4.69, 9.17) is 0 Å². The Bertz CT molecular complexity index is 603. The van der Waals surface area contributed by atoms with Gasteiger partial charge in [0.2, 0.25) is 5.92 Å². The van der Waals surface area contributed by atoms with Crippen LogP contribution in [-0.2, 0) is 0 Å². The topological polar surface area (TPSA) is 38.1 Å². The minimum Gasteiger partial charge on any atom is -0.393 e. The van der Waals surface area contributed by atoms with Crippen LogP contribution in [0.1, 0.15) is 30.2 Å². The average molecular weight is 296 g/mol. The molecular formula is C14H14F2N2OS. The molecule has 4 rings (SSSR count). The molecule has 2 atom stereocenters. The molecule has 0 radical (unpaired) electrons. The minimum atomic E-state index is -2.57. The Labute approximate surface area is 118 Å². The van der Waals surface area contributed by atoms with Crippen molar-refractivity contribution in [2.45, 2.75) is 37.3 Å². The maximum absolute atomic E-state index is 12.9. The second-order valence-corrected chi connectivity index (χ2v) is 6.68. The molecule has 1 saturated carbocycles. The van der Waals surface area contributed by atoms with Crippen molar-refractivity contribution in [2.75, 3.05) is 0 Å². The summed E-state index contributed by atoms with van der Waals surface area (Å²) in [5.74, 6) is -2.85. The lowest BCUT2D eigenvalue weighted by Gasteiger charge is -2.38. The summed E-state index contributed by atoms with van der Waals surface area (Å²) in [6.45, 7) is 0. The van der Waals surface area contributed by atoms with Crippen LogP contribution in [0.5, 0.6) is 0 Å². The van der Waals surface area contributed by atoms with Crippen LogP contribution in [0.15, 0.2) is 24.0 Å². The van der Waals surface area contributed by atoms with Crippen LogP contribution in [0, 0.1) is 5.92 Å². The number of aromatic nitrogens is 2. The Morgan fingerprint density at radius 2 is 2.30 bits per heavy atom. The van der Waals surface area contributed by atoms with Crippen molar-refractivity contribution in [3.8, 4) is 11.3 Å². The fourth-order valence-corrected chi connectivity index (χ4v) is 4.32. The lowest BCUT2D eigenvalue weighted by molar-refractivity contribution is -0.143. The van der Waals surface area contributed by atoms with Crippen LogP contribution in [0.25, 0.3) is 11.3 Å². The van der Waals surface area contributed by atoms with Crippen LogP contribution in [0.3, 0.4) is 0 Å². The second-order valence-electron chi connectivity index (χ2n) is 5.73. The highest BCUT2D eigenvalue weighted by Crippen LogP contribution is 2.49. The molecule has 20 heavy (non-hydrogen) atoms. The molecule has 1 aliphatic heterocycles. The quantitative estimate of drug-likeness (QED) is 0.943. The van der Waals surface area contributed by atoms with Crippen LogP contribution < -0.4 is 0 Å². The largest absolute Gasteiger partial charge is 0.393 e. The zero-order valence-corrected chi connectivity index (χ0v) is 11.5. The predicted molar refractivity (Wildman–Crippen MR) is 72.0 cm³/mol. The zero-order chi connectivity index (χ0) is 13.9. The van der Waals surface area contributed by atoms with Crippen LogP contribution in [0.4, 0.5) is 8.78 Å². The SMILES string of the molecule is O[C@H](C[C@H]1c2sccc2-c2cncn21)C1CC(F)(F)C1. The summed E-state index contributed by atoms with van der Waals surface area (Å²) in [5.41, 5.74) is 2.21. The van der Waals surface area contributed by atoms with Crippen molar-refractivity contribution < 1.29 is 13.9 Å². The van der Waals surface area contributed by atoms with E-state index in [1.807, 2.05) is 16.1 Å². The number of imidazole rings is 1.